The van der Waals surface area contributed by atoms with Crippen molar-refractivity contribution >= 4 is 0 Å². The van der Waals surface area contributed by atoms with Crippen LogP contribution in [-0.2, 0) is 14.2 Å². The van der Waals surface area contributed by atoms with Crippen molar-refractivity contribution in [1.82, 2.24) is 5.32 Å². The lowest BCUT2D eigenvalue weighted by molar-refractivity contribution is -0.0970. The number of ether oxygens (including phenoxy) is 3. The molecule has 2 unspecified atom stereocenters. The summed E-state index contributed by atoms with van der Waals surface area (Å²) in [7, 11) is 1.70. The van der Waals surface area contributed by atoms with Crippen LogP contribution in [0.25, 0.3) is 0 Å². The SMILES string of the molecule is COCCOCCOC1(CNC2CC2)CCCC(C)C1. The summed E-state index contributed by atoms with van der Waals surface area (Å²) in [5.41, 5.74) is 0.0465. The average molecular weight is 285 g/mol. The zero-order valence-corrected chi connectivity index (χ0v) is 13.2. The van der Waals surface area contributed by atoms with Gasteiger partial charge in [0.15, 0.2) is 0 Å². The molecule has 2 rings (SSSR count). The van der Waals surface area contributed by atoms with Crippen LogP contribution in [-0.4, -0.2) is 51.7 Å². The van der Waals surface area contributed by atoms with E-state index in [0.29, 0.717) is 26.4 Å². The van der Waals surface area contributed by atoms with Crippen LogP contribution in [0.15, 0.2) is 0 Å². The molecule has 0 amide bonds. The van der Waals surface area contributed by atoms with E-state index in [2.05, 4.69) is 12.2 Å². The van der Waals surface area contributed by atoms with Gasteiger partial charge in [-0.3, -0.25) is 0 Å². The Morgan fingerprint density at radius 1 is 1.10 bits per heavy atom. The first kappa shape index (κ1) is 16.2. The molecule has 0 heterocycles. The van der Waals surface area contributed by atoms with Crippen LogP contribution in [0, 0.1) is 5.92 Å². The molecule has 0 aromatic carbocycles. The van der Waals surface area contributed by atoms with Crippen LogP contribution in [0.1, 0.15) is 45.4 Å². The van der Waals surface area contributed by atoms with Crippen molar-refractivity contribution in [2.75, 3.05) is 40.1 Å². The van der Waals surface area contributed by atoms with Gasteiger partial charge in [0.05, 0.1) is 32.0 Å². The minimum atomic E-state index is 0.0465. The van der Waals surface area contributed by atoms with E-state index in [1.165, 1.54) is 38.5 Å². The van der Waals surface area contributed by atoms with E-state index in [-0.39, 0.29) is 5.60 Å². The van der Waals surface area contributed by atoms with E-state index in [9.17, 15) is 0 Å². The molecule has 2 saturated carbocycles. The zero-order chi connectivity index (χ0) is 14.3. The topological polar surface area (TPSA) is 39.7 Å². The van der Waals surface area contributed by atoms with Crippen LogP contribution < -0.4 is 5.32 Å². The van der Waals surface area contributed by atoms with E-state index in [4.69, 9.17) is 14.2 Å². The fraction of sp³-hybridized carbons (Fsp3) is 1.00. The van der Waals surface area contributed by atoms with Gasteiger partial charge in [0, 0.05) is 19.7 Å². The summed E-state index contributed by atoms with van der Waals surface area (Å²) in [6.07, 6.45) is 7.69. The number of rotatable bonds is 10. The molecule has 4 heteroatoms. The Morgan fingerprint density at radius 2 is 1.90 bits per heavy atom. The summed E-state index contributed by atoms with van der Waals surface area (Å²) in [6, 6.07) is 0.755. The number of hydrogen-bond donors (Lipinski definition) is 1. The van der Waals surface area contributed by atoms with E-state index < -0.39 is 0 Å². The molecule has 20 heavy (non-hydrogen) atoms. The molecular weight excluding hydrogens is 254 g/mol. The average Bonchev–Trinajstić information content (AvgIpc) is 3.25. The van der Waals surface area contributed by atoms with Gasteiger partial charge in [-0.05, 0) is 31.6 Å². The van der Waals surface area contributed by atoms with Gasteiger partial charge >= 0.3 is 0 Å². The normalized spacial score (nSPS) is 30.6. The summed E-state index contributed by atoms with van der Waals surface area (Å²) in [6.45, 7) is 6.05. The Morgan fingerprint density at radius 3 is 2.60 bits per heavy atom. The van der Waals surface area contributed by atoms with Gasteiger partial charge in [-0.2, -0.15) is 0 Å². The van der Waals surface area contributed by atoms with Crippen molar-refractivity contribution in [3.05, 3.63) is 0 Å². The van der Waals surface area contributed by atoms with Crippen molar-refractivity contribution in [2.24, 2.45) is 5.92 Å². The highest BCUT2D eigenvalue weighted by molar-refractivity contribution is 4.92. The summed E-state index contributed by atoms with van der Waals surface area (Å²) in [5, 5.41) is 3.66. The molecule has 2 fully saturated rings. The number of hydrogen-bond acceptors (Lipinski definition) is 4. The van der Waals surface area contributed by atoms with Crippen molar-refractivity contribution in [2.45, 2.75) is 57.1 Å². The lowest BCUT2D eigenvalue weighted by atomic mass is 9.78. The molecule has 0 saturated heterocycles. The van der Waals surface area contributed by atoms with Crippen LogP contribution in [0.2, 0.25) is 0 Å². The van der Waals surface area contributed by atoms with Crippen molar-refractivity contribution in [3.63, 3.8) is 0 Å². The highest BCUT2D eigenvalue weighted by atomic mass is 16.5. The van der Waals surface area contributed by atoms with Crippen LogP contribution >= 0.6 is 0 Å². The monoisotopic (exact) mass is 285 g/mol. The van der Waals surface area contributed by atoms with Gasteiger partial charge in [-0.25, -0.2) is 0 Å². The molecule has 0 aliphatic heterocycles. The van der Waals surface area contributed by atoms with Crippen LogP contribution in [0.4, 0.5) is 0 Å². The van der Waals surface area contributed by atoms with Gasteiger partial charge in [0.2, 0.25) is 0 Å². The summed E-state index contributed by atoms with van der Waals surface area (Å²) >= 11 is 0. The fourth-order valence-corrected chi connectivity index (χ4v) is 3.13. The molecular formula is C16H31NO3. The second-order valence-electron chi connectivity index (χ2n) is 6.49. The molecule has 0 spiro atoms. The largest absolute Gasteiger partial charge is 0.382 e. The maximum absolute atomic E-state index is 6.27. The number of methoxy groups -OCH3 is 1. The quantitative estimate of drug-likeness (QED) is 0.626. The Bertz CT molecular complexity index is 270. The summed E-state index contributed by atoms with van der Waals surface area (Å²) in [5.74, 6) is 0.777. The first-order valence-corrected chi connectivity index (χ1v) is 8.18. The smallest absolute Gasteiger partial charge is 0.0810 e. The second kappa shape index (κ2) is 8.32. The minimum absolute atomic E-state index is 0.0465. The number of nitrogens with one attached hydrogen (secondary N) is 1. The second-order valence-corrected chi connectivity index (χ2v) is 6.49. The molecule has 0 radical (unpaired) electrons. The van der Waals surface area contributed by atoms with Crippen molar-refractivity contribution in [1.29, 1.82) is 0 Å². The Balaban J connectivity index is 1.70. The fourth-order valence-electron chi connectivity index (χ4n) is 3.13. The van der Waals surface area contributed by atoms with Gasteiger partial charge in [-0.15, -0.1) is 0 Å². The molecule has 2 aliphatic carbocycles. The van der Waals surface area contributed by atoms with E-state index in [1.807, 2.05) is 0 Å². The van der Waals surface area contributed by atoms with Gasteiger partial charge in [0.1, 0.15) is 0 Å². The van der Waals surface area contributed by atoms with Gasteiger partial charge in [0.25, 0.3) is 0 Å². The standard InChI is InChI=1S/C16H31NO3/c1-14-4-3-7-16(12-14,13-17-15-5-6-15)20-11-10-19-9-8-18-2/h14-15,17H,3-13H2,1-2H3. The van der Waals surface area contributed by atoms with Crippen LogP contribution in [0.3, 0.4) is 0 Å². The zero-order valence-electron chi connectivity index (χ0n) is 13.2. The first-order chi connectivity index (χ1) is 9.74. The maximum atomic E-state index is 6.27. The molecule has 2 atom stereocenters. The molecule has 118 valence electrons. The molecule has 0 aromatic rings. The third kappa shape index (κ3) is 5.68. The molecule has 4 nitrogen and oxygen atoms in total. The highest BCUT2D eigenvalue weighted by Crippen LogP contribution is 2.35. The Kier molecular flexibility index (Phi) is 6.75. The van der Waals surface area contributed by atoms with E-state index in [1.54, 1.807) is 7.11 Å². The van der Waals surface area contributed by atoms with E-state index in [0.717, 1.165) is 18.5 Å². The lowest BCUT2D eigenvalue weighted by Gasteiger charge is -2.40. The summed E-state index contributed by atoms with van der Waals surface area (Å²) < 4.78 is 16.7. The third-order valence-corrected chi connectivity index (χ3v) is 4.41. The molecule has 0 aromatic heterocycles. The van der Waals surface area contributed by atoms with Gasteiger partial charge < -0.3 is 19.5 Å². The molecule has 0 bridgehead atoms. The van der Waals surface area contributed by atoms with Crippen molar-refractivity contribution in [3.8, 4) is 0 Å². The minimum Gasteiger partial charge on any atom is -0.382 e. The van der Waals surface area contributed by atoms with Gasteiger partial charge in [-0.1, -0.05) is 19.8 Å². The lowest BCUT2D eigenvalue weighted by Crippen LogP contribution is -2.47. The van der Waals surface area contributed by atoms with E-state index >= 15 is 0 Å². The van der Waals surface area contributed by atoms with Crippen LogP contribution in [0.5, 0.6) is 0 Å². The van der Waals surface area contributed by atoms with Crippen molar-refractivity contribution < 1.29 is 14.2 Å². The molecule has 2 aliphatic rings. The predicted octanol–water partition coefficient (Wildman–Crippen LogP) is 2.37. The maximum Gasteiger partial charge on any atom is 0.0810 e. The third-order valence-electron chi connectivity index (χ3n) is 4.41. The predicted molar refractivity (Wildman–Crippen MR) is 80.0 cm³/mol. The Hall–Kier alpha value is -0.160. The summed E-state index contributed by atoms with van der Waals surface area (Å²) in [4.78, 5) is 0. The highest BCUT2D eigenvalue weighted by Gasteiger charge is 2.37. The Labute approximate surface area is 123 Å². The molecule has 1 N–H and O–H groups in total. The first-order valence-electron chi connectivity index (χ1n) is 8.18.